The maximum atomic E-state index is 5.54. The third kappa shape index (κ3) is 3.19. The van der Waals surface area contributed by atoms with Crippen molar-refractivity contribution in [3.05, 3.63) is 0 Å². The Labute approximate surface area is 107 Å². The molecule has 0 bridgehead atoms. The predicted octanol–water partition coefficient (Wildman–Crippen LogP) is 1.55. The van der Waals surface area contributed by atoms with E-state index in [9.17, 15) is 0 Å². The second-order valence-corrected chi connectivity index (χ2v) is 6.25. The van der Waals surface area contributed by atoms with Crippen LogP contribution in [0.2, 0.25) is 0 Å². The Bertz CT molecular complexity index is 353. The number of aromatic nitrogens is 4. The van der Waals surface area contributed by atoms with Crippen LogP contribution < -0.4 is 5.73 Å². The summed E-state index contributed by atoms with van der Waals surface area (Å²) in [5.74, 6) is 1.66. The van der Waals surface area contributed by atoms with Gasteiger partial charge in [0.2, 0.25) is 5.16 Å². The third-order valence-corrected chi connectivity index (χ3v) is 4.93. The lowest BCUT2D eigenvalue weighted by Gasteiger charge is -2.31. The molecule has 1 aromatic heterocycles. The number of thioether (sulfide) groups is 1. The fourth-order valence-corrected chi connectivity index (χ4v) is 3.58. The standard InChI is InChI=1S/C11H21N5S/c1-8-3-4-10(7-9(8)2)17-11-13-14-15-16(11)6-5-12/h8-10H,3-7,12H2,1-2H3. The van der Waals surface area contributed by atoms with Gasteiger partial charge in [-0.15, -0.1) is 5.10 Å². The van der Waals surface area contributed by atoms with Gasteiger partial charge in [-0.2, -0.15) is 0 Å². The van der Waals surface area contributed by atoms with Crippen molar-refractivity contribution in [2.75, 3.05) is 6.54 Å². The summed E-state index contributed by atoms with van der Waals surface area (Å²) in [5.41, 5.74) is 5.54. The van der Waals surface area contributed by atoms with Gasteiger partial charge in [0.15, 0.2) is 0 Å². The quantitative estimate of drug-likeness (QED) is 0.884. The van der Waals surface area contributed by atoms with Crippen LogP contribution in [0.5, 0.6) is 0 Å². The lowest BCUT2D eigenvalue weighted by atomic mass is 9.81. The lowest BCUT2D eigenvalue weighted by Crippen LogP contribution is -2.23. The van der Waals surface area contributed by atoms with Crippen molar-refractivity contribution in [3.8, 4) is 0 Å². The summed E-state index contributed by atoms with van der Waals surface area (Å²) in [6.07, 6.45) is 3.85. The predicted molar refractivity (Wildman–Crippen MR) is 68.7 cm³/mol. The Kier molecular flexibility index (Phi) is 4.39. The highest BCUT2D eigenvalue weighted by atomic mass is 32.2. The molecule has 5 nitrogen and oxygen atoms in total. The minimum Gasteiger partial charge on any atom is -0.329 e. The molecule has 1 aliphatic carbocycles. The summed E-state index contributed by atoms with van der Waals surface area (Å²) in [6.45, 7) is 5.98. The van der Waals surface area contributed by atoms with Gasteiger partial charge in [0.1, 0.15) is 0 Å². The highest BCUT2D eigenvalue weighted by Gasteiger charge is 2.26. The maximum Gasteiger partial charge on any atom is 0.209 e. The van der Waals surface area contributed by atoms with Crippen molar-refractivity contribution in [1.82, 2.24) is 20.2 Å². The zero-order valence-electron chi connectivity index (χ0n) is 10.5. The molecule has 1 heterocycles. The third-order valence-electron chi connectivity index (χ3n) is 3.66. The average molecular weight is 255 g/mol. The molecule has 0 aromatic carbocycles. The summed E-state index contributed by atoms with van der Waals surface area (Å²) in [6, 6.07) is 0. The van der Waals surface area contributed by atoms with Gasteiger partial charge in [0, 0.05) is 11.8 Å². The van der Waals surface area contributed by atoms with Crippen LogP contribution in [0.25, 0.3) is 0 Å². The molecule has 1 aromatic rings. The fourth-order valence-electron chi connectivity index (χ4n) is 2.30. The number of nitrogens with zero attached hydrogens (tertiary/aromatic N) is 4. The van der Waals surface area contributed by atoms with Crippen molar-refractivity contribution in [1.29, 1.82) is 0 Å². The summed E-state index contributed by atoms with van der Waals surface area (Å²) in [5, 5.41) is 13.3. The van der Waals surface area contributed by atoms with E-state index in [1.807, 2.05) is 16.4 Å². The Morgan fingerprint density at radius 2 is 2.18 bits per heavy atom. The Morgan fingerprint density at radius 1 is 1.35 bits per heavy atom. The Balaban J connectivity index is 1.94. The minimum atomic E-state index is 0.580. The van der Waals surface area contributed by atoms with Crippen LogP contribution in [-0.4, -0.2) is 32.0 Å². The zero-order chi connectivity index (χ0) is 12.3. The molecule has 1 saturated carbocycles. The van der Waals surface area contributed by atoms with E-state index in [1.54, 1.807) is 0 Å². The molecule has 3 atom stereocenters. The first kappa shape index (κ1) is 12.8. The van der Waals surface area contributed by atoms with Crippen molar-refractivity contribution >= 4 is 11.8 Å². The van der Waals surface area contributed by atoms with Crippen LogP contribution in [0.4, 0.5) is 0 Å². The van der Waals surface area contributed by atoms with Crippen molar-refractivity contribution < 1.29 is 0 Å². The molecule has 0 aliphatic heterocycles. The SMILES string of the molecule is CC1CCC(Sc2nnnn2CCN)CC1C. The van der Waals surface area contributed by atoms with Crippen LogP contribution in [-0.2, 0) is 6.54 Å². The van der Waals surface area contributed by atoms with E-state index in [-0.39, 0.29) is 0 Å². The van der Waals surface area contributed by atoms with Gasteiger partial charge in [-0.1, -0.05) is 25.6 Å². The number of nitrogens with two attached hydrogens (primary N) is 1. The van der Waals surface area contributed by atoms with Crippen LogP contribution in [0.3, 0.4) is 0 Å². The Hall–Kier alpha value is -0.620. The first-order valence-electron chi connectivity index (χ1n) is 6.33. The molecule has 0 radical (unpaired) electrons. The molecule has 1 aliphatic rings. The highest BCUT2D eigenvalue weighted by molar-refractivity contribution is 7.99. The van der Waals surface area contributed by atoms with E-state index in [1.165, 1.54) is 19.3 Å². The van der Waals surface area contributed by atoms with Gasteiger partial charge < -0.3 is 5.73 Å². The van der Waals surface area contributed by atoms with Gasteiger partial charge in [-0.05, 0) is 41.5 Å². The molecule has 2 rings (SSSR count). The van der Waals surface area contributed by atoms with Crippen LogP contribution in [0, 0.1) is 11.8 Å². The molecule has 2 N–H and O–H groups in total. The summed E-state index contributed by atoms with van der Waals surface area (Å²) in [7, 11) is 0. The number of hydrogen-bond acceptors (Lipinski definition) is 5. The van der Waals surface area contributed by atoms with Crippen LogP contribution >= 0.6 is 11.8 Å². The smallest absolute Gasteiger partial charge is 0.209 e. The molecule has 96 valence electrons. The number of hydrogen-bond donors (Lipinski definition) is 1. The van der Waals surface area contributed by atoms with Crippen molar-refractivity contribution in [3.63, 3.8) is 0 Å². The first-order chi connectivity index (χ1) is 8.20. The van der Waals surface area contributed by atoms with E-state index in [0.717, 1.165) is 17.0 Å². The molecular formula is C11H21N5S. The molecule has 1 fully saturated rings. The minimum absolute atomic E-state index is 0.580. The van der Waals surface area contributed by atoms with Gasteiger partial charge in [-0.25, -0.2) is 4.68 Å². The van der Waals surface area contributed by atoms with E-state index >= 15 is 0 Å². The van der Waals surface area contributed by atoms with E-state index in [0.29, 0.717) is 18.3 Å². The molecule has 6 heteroatoms. The lowest BCUT2D eigenvalue weighted by molar-refractivity contribution is 0.283. The van der Waals surface area contributed by atoms with Crippen LogP contribution in [0.15, 0.2) is 5.16 Å². The number of tetrazole rings is 1. The average Bonchev–Trinajstić information content (AvgIpc) is 2.72. The largest absolute Gasteiger partial charge is 0.329 e. The summed E-state index contributed by atoms with van der Waals surface area (Å²) < 4.78 is 1.81. The van der Waals surface area contributed by atoms with Gasteiger partial charge >= 0.3 is 0 Å². The molecule has 17 heavy (non-hydrogen) atoms. The van der Waals surface area contributed by atoms with Crippen molar-refractivity contribution in [2.45, 2.75) is 50.1 Å². The normalized spacial score (nSPS) is 29.5. The summed E-state index contributed by atoms with van der Waals surface area (Å²) in [4.78, 5) is 0. The molecule has 3 unspecified atom stereocenters. The Morgan fingerprint density at radius 3 is 2.88 bits per heavy atom. The van der Waals surface area contributed by atoms with Gasteiger partial charge in [-0.3, -0.25) is 0 Å². The second kappa shape index (κ2) is 5.82. The first-order valence-corrected chi connectivity index (χ1v) is 7.21. The fraction of sp³-hybridized carbons (Fsp3) is 0.909. The van der Waals surface area contributed by atoms with Gasteiger partial charge in [0.25, 0.3) is 0 Å². The maximum absolute atomic E-state index is 5.54. The van der Waals surface area contributed by atoms with Crippen molar-refractivity contribution in [2.24, 2.45) is 17.6 Å². The van der Waals surface area contributed by atoms with E-state index in [4.69, 9.17) is 5.73 Å². The van der Waals surface area contributed by atoms with Crippen LogP contribution in [0.1, 0.15) is 33.1 Å². The van der Waals surface area contributed by atoms with E-state index in [2.05, 4.69) is 29.4 Å². The molecule has 0 saturated heterocycles. The zero-order valence-corrected chi connectivity index (χ0v) is 11.4. The molecule has 0 spiro atoms. The monoisotopic (exact) mass is 255 g/mol. The van der Waals surface area contributed by atoms with E-state index < -0.39 is 0 Å². The second-order valence-electron chi connectivity index (χ2n) is 4.98. The topological polar surface area (TPSA) is 69.6 Å². The molecule has 0 amide bonds. The summed E-state index contributed by atoms with van der Waals surface area (Å²) >= 11 is 1.81. The number of rotatable bonds is 4. The highest BCUT2D eigenvalue weighted by Crippen LogP contribution is 2.37. The molecular weight excluding hydrogens is 234 g/mol. The van der Waals surface area contributed by atoms with Gasteiger partial charge in [0.05, 0.1) is 6.54 Å².